The molecule has 2 rings (SSSR count). The van der Waals surface area contributed by atoms with E-state index in [-0.39, 0.29) is 0 Å². The summed E-state index contributed by atoms with van der Waals surface area (Å²) in [6, 6.07) is 0.374. The minimum Gasteiger partial charge on any atom is -0.480 e. The van der Waals surface area contributed by atoms with Gasteiger partial charge in [-0.25, -0.2) is 4.98 Å². The van der Waals surface area contributed by atoms with Crippen LogP contribution < -0.4 is 14.8 Å². The van der Waals surface area contributed by atoms with Crippen molar-refractivity contribution in [3.05, 3.63) is 10.7 Å². The molecule has 1 aromatic rings. The maximum atomic E-state index is 5.56. The number of hydrogen-bond acceptors (Lipinski definition) is 5. The molecule has 6 heteroatoms. The molecule has 0 aromatic carbocycles. The normalized spacial score (nSPS) is 19.6. The molecule has 1 aliphatic rings. The molecule has 1 saturated heterocycles. The number of aromatic nitrogens is 2. The van der Waals surface area contributed by atoms with E-state index in [2.05, 4.69) is 31.2 Å². The van der Waals surface area contributed by atoms with Gasteiger partial charge in [-0.2, -0.15) is 4.98 Å². The third-order valence-corrected chi connectivity index (χ3v) is 3.58. The van der Waals surface area contributed by atoms with Gasteiger partial charge in [0.2, 0.25) is 5.88 Å². The summed E-state index contributed by atoms with van der Waals surface area (Å²) in [7, 11) is 1.57. The van der Waals surface area contributed by atoms with Crippen LogP contribution in [0.3, 0.4) is 0 Å². The summed E-state index contributed by atoms with van der Waals surface area (Å²) in [6.45, 7) is 2.88. The molecule has 1 N–H and O–H groups in total. The second kappa shape index (κ2) is 6.89. The fourth-order valence-corrected chi connectivity index (χ4v) is 2.39. The largest absolute Gasteiger partial charge is 0.480 e. The molecule has 0 aliphatic carbocycles. The summed E-state index contributed by atoms with van der Waals surface area (Å²) in [6.07, 6.45) is 5.21. The monoisotopic (exact) mass is 315 g/mol. The van der Waals surface area contributed by atoms with Crippen LogP contribution in [0.15, 0.2) is 10.7 Å². The maximum Gasteiger partial charge on any atom is 0.319 e. The zero-order valence-corrected chi connectivity index (χ0v) is 12.1. The Balaban J connectivity index is 1.79. The van der Waals surface area contributed by atoms with Gasteiger partial charge in [0, 0.05) is 0 Å². The Morgan fingerprint density at radius 1 is 1.56 bits per heavy atom. The molecule has 0 saturated carbocycles. The quantitative estimate of drug-likeness (QED) is 0.901. The number of ether oxygens (including phenoxy) is 2. The van der Waals surface area contributed by atoms with Gasteiger partial charge in [0.1, 0.15) is 0 Å². The Morgan fingerprint density at radius 2 is 2.44 bits per heavy atom. The zero-order valence-electron chi connectivity index (χ0n) is 10.5. The molecule has 100 valence electrons. The van der Waals surface area contributed by atoms with Crippen molar-refractivity contribution in [1.29, 1.82) is 0 Å². The van der Waals surface area contributed by atoms with Gasteiger partial charge in [-0.05, 0) is 54.2 Å². The third kappa shape index (κ3) is 3.81. The second-order valence-corrected chi connectivity index (χ2v) is 5.21. The predicted octanol–water partition coefficient (Wildman–Crippen LogP) is 2.02. The Kier molecular flexibility index (Phi) is 5.19. The van der Waals surface area contributed by atoms with E-state index < -0.39 is 0 Å². The summed E-state index contributed by atoms with van der Waals surface area (Å²) in [5.41, 5.74) is 0. The fourth-order valence-electron chi connectivity index (χ4n) is 2.04. The molecule has 0 radical (unpaired) electrons. The van der Waals surface area contributed by atoms with Crippen molar-refractivity contribution in [2.45, 2.75) is 19.3 Å². The lowest BCUT2D eigenvalue weighted by atomic mass is 9.97. The van der Waals surface area contributed by atoms with Gasteiger partial charge in [-0.1, -0.05) is 0 Å². The first-order valence-corrected chi connectivity index (χ1v) is 6.99. The van der Waals surface area contributed by atoms with E-state index in [0.717, 1.165) is 24.0 Å². The minimum absolute atomic E-state index is 0.374. The van der Waals surface area contributed by atoms with Gasteiger partial charge in [0.25, 0.3) is 0 Å². The van der Waals surface area contributed by atoms with Crippen molar-refractivity contribution in [1.82, 2.24) is 15.3 Å². The molecule has 18 heavy (non-hydrogen) atoms. The number of halogens is 1. The molecule has 1 aliphatic heterocycles. The van der Waals surface area contributed by atoms with E-state index in [9.17, 15) is 0 Å². The Morgan fingerprint density at radius 3 is 3.17 bits per heavy atom. The molecular formula is C12H18BrN3O2. The van der Waals surface area contributed by atoms with Crippen LogP contribution in [0.5, 0.6) is 11.9 Å². The van der Waals surface area contributed by atoms with Crippen LogP contribution >= 0.6 is 15.9 Å². The minimum atomic E-state index is 0.374. The van der Waals surface area contributed by atoms with Crippen molar-refractivity contribution in [3.8, 4) is 11.9 Å². The van der Waals surface area contributed by atoms with E-state index >= 15 is 0 Å². The first kappa shape index (κ1) is 13.5. The van der Waals surface area contributed by atoms with E-state index in [1.165, 1.54) is 12.8 Å². The zero-order chi connectivity index (χ0) is 12.8. The number of hydrogen-bond donors (Lipinski definition) is 1. The highest BCUT2D eigenvalue weighted by Gasteiger charge is 2.13. The van der Waals surface area contributed by atoms with Crippen LogP contribution in [0.25, 0.3) is 0 Å². The Hall–Kier alpha value is -0.880. The lowest BCUT2D eigenvalue weighted by molar-refractivity contribution is 0.236. The van der Waals surface area contributed by atoms with Gasteiger partial charge in [0.15, 0.2) is 0 Å². The summed E-state index contributed by atoms with van der Waals surface area (Å²) < 4.78 is 11.4. The lowest BCUT2D eigenvalue weighted by Gasteiger charge is -2.22. The van der Waals surface area contributed by atoms with Crippen LogP contribution in [-0.2, 0) is 0 Å². The van der Waals surface area contributed by atoms with Gasteiger partial charge >= 0.3 is 6.01 Å². The molecule has 1 atom stereocenters. The van der Waals surface area contributed by atoms with Crippen LogP contribution in [0.4, 0.5) is 0 Å². The summed E-state index contributed by atoms with van der Waals surface area (Å²) in [5, 5.41) is 3.40. The van der Waals surface area contributed by atoms with Crippen molar-refractivity contribution >= 4 is 15.9 Å². The number of nitrogens with zero attached hydrogens (tertiary/aromatic N) is 2. The maximum absolute atomic E-state index is 5.56. The topological polar surface area (TPSA) is 56.3 Å². The summed E-state index contributed by atoms with van der Waals surface area (Å²) in [4.78, 5) is 8.25. The smallest absolute Gasteiger partial charge is 0.319 e. The van der Waals surface area contributed by atoms with Gasteiger partial charge in [-0.3, -0.25) is 0 Å². The second-order valence-electron chi connectivity index (χ2n) is 4.36. The molecule has 0 bridgehead atoms. The van der Waals surface area contributed by atoms with Crippen LogP contribution in [0, 0.1) is 5.92 Å². The molecule has 1 aromatic heterocycles. The first-order chi connectivity index (χ1) is 8.79. The Labute approximate surface area is 115 Å². The predicted molar refractivity (Wildman–Crippen MR) is 72.0 cm³/mol. The van der Waals surface area contributed by atoms with Crippen molar-refractivity contribution in [3.63, 3.8) is 0 Å². The number of nitrogens with one attached hydrogen (secondary N) is 1. The third-order valence-electron chi connectivity index (χ3n) is 3.04. The van der Waals surface area contributed by atoms with Gasteiger partial charge in [0.05, 0.1) is 24.4 Å². The van der Waals surface area contributed by atoms with Crippen molar-refractivity contribution in [2.24, 2.45) is 5.92 Å². The standard InChI is InChI=1S/C12H18BrN3O2/c1-17-11-10(13)8-15-12(16-11)18-6-4-9-3-2-5-14-7-9/h8-9,14H,2-7H2,1H3. The fraction of sp³-hybridized carbons (Fsp3) is 0.667. The van der Waals surface area contributed by atoms with E-state index in [4.69, 9.17) is 9.47 Å². The van der Waals surface area contributed by atoms with E-state index in [0.29, 0.717) is 24.4 Å². The van der Waals surface area contributed by atoms with Gasteiger partial charge in [-0.15, -0.1) is 0 Å². The van der Waals surface area contributed by atoms with Crippen LogP contribution in [0.1, 0.15) is 19.3 Å². The lowest BCUT2D eigenvalue weighted by Crippen LogP contribution is -2.30. The Bertz CT molecular complexity index is 384. The summed E-state index contributed by atoms with van der Waals surface area (Å²) >= 11 is 3.31. The number of piperidine rings is 1. The first-order valence-electron chi connectivity index (χ1n) is 6.19. The molecule has 0 spiro atoms. The highest BCUT2D eigenvalue weighted by Crippen LogP contribution is 2.23. The number of rotatable bonds is 5. The molecule has 0 amide bonds. The molecule has 1 fully saturated rings. The highest BCUT2D eigenvalue weighted by molar-refractivity contribution is 9.10. The molecule has 2 heterocycles. The molecular weight excluding hydrogens is 298 g/mol. The number of methoxy groups -OCH3 is 1. The molecule has 5 nitrogen and oxygen atoms in total. The van der Waals surface area contributed by atoms with Crippen LogP contribution in [-0.4, -0.2) is 36.8 Å². The summed E-state index contributed by atoms with van der Waals surface area (Å²) in [5.74, 6) is 1.20. The van der Waals surface area contributed by atoms with Crippen LogP contribution in [0.2, 0.25) is 0 Å². The average Bonchev–Trinajstić information content (AvgIpc) is 2.42. The van der Waals surface area contributed by atoms with Gasteiger partial charge < -0.3 is 14.8 Å². The van der Waals surface area contributed by atoms with E-state index in [1.54, 1.807) is 13.3 Å². The van der Waals surface area contributed by atoms with Crippen molar-refractivity contribution < 1.29 is 9.47 Å². The van der Waals surface area contributed by atoms with Crippen molar-refractivity contribution in [2.75, 3.05) is 26.8 Å². The molecule has 1 unspecified atom stereocenters. The van der Waals surface area contributed by atoms with E-state index in [1.807, 2.05) is 0 Å². The highest BCUT2D eigenvalue weighted by atomic mass is 79.9. The average molecular weight is 316 g/mol. The SMILES string of the molecule is COc1nc(OCCC2CCCNC2)ncc1Br.